The molecular weight excluding hydrogens is 558 g/mol. The van der Waals surface area contributed by atoms with Crippen LogP contribution in [0.3, 0.4) is 0 Å². The average Bonchev–Trinajstić information content (AvgIpc) is 2.99. The Morgan fingerprint density at radius 3 is 1.47 bits per heavy atom. The number of ether oxygens (including phenoxy) is 2. The number of aliphatic hydroxyl groups excluding tert-OH is 1. The number of nitrogens with zero attached hydrogens (tertiary/aromatic N) is 3. The average molecular weight is 647 g/mol. The van der Waals surface area contributed by atoms with Crippen LogP contribution >= 0.6 is 0 Å². The minimum Gasteiger partial charge on any atom is -0.390 e. The number of quaternary nitrogens is 3. The molecule has 274 valence electrons. The SMILES string of the molecule is C.CCCCCCCCCCCCC(C)C(O)COCC(C)OCC(C)[N+](CC)(CCC[N+](C)(C)CC)CCC[N+](C)(C)CC. The van der Waals surface area contributed by atoms with Gasteiger partial charge in [0.25, 0.3) is 0 Å². The zero-order chi connectivity index (χ0) is 33.5. The molecule has 0 rings (SSSR count). The summed E-state index contributed by atoms with van der Waals surface area (Å²) in [7, 11) is 9.41. The van der Waals surface area contributed by atoms with Crippen molar-refractivity contribution in [3.05, 3.63) is 0 Å². The van der Waals surface area contributed by atoms with E-state index in [1.807, 2.05) is 0 Å². The molecule has 0 heterocycles. The molecule has 4 unspecified atom stereocenters. The first kappa shape index (κ1) is 46.9. The highest BCUT2D eigenvalue weighted by atomic mass is 16.5. The van der Waals surface area contributed by atoms with E-state index in [0.29, 0.717) is 19.3 Å². The van der Waals surface area contributed by atoms with Crippen LogP contribution in [0.15, 0.2) is 0 Å². The molecule has 0 aromatic rings. The lowest BCUT2D eigenvalue weighted by atomic mass is 9.97. The highest BCUT2D eigenvalue weighted by molar-refractivity contribution is 4.65. The van der Waals surface area contributed by atoms with Crippen molar-refractivity contribution in [2.24, 2.45) is 5.92 Å². The normalized spacial score (nSPS) is 15.5. The molecule has 0 aromatic carbocycles. The zero-order valence-corrected chi connectivity index (χ0v) is 32.2. The van der Waals surface area contributed by atoms with Crippen LogP contribution in [0, 0.1) is 5.92 Å². The third-order valence-electron chi connectivity index (χ3n) is 10.9. The fraction of sp³-hybridized carbons (Fsp3) is 1.00. The van der Waals surface area contributed by atoms with Crippen LogP contribution < -0.4 is 0 Å². The molecule has 0 aliphatic heterocycles. The van der Waals surface area contributed by atoms with Crippen molar-refractivity contribution in [1.82, 2.24) is 0 Å². The van der Waals surface area contributed by atoms with E-state index in [1.165, 1.54) is 116 Å². The summed E-state index contributed by atoms with van der Waals surface area (Å²) >= 11 is 0. The van der Waals surface area contributed by atoms with Crippen molar-refractivity contribution >= 4 is 0 Å². The van der Waals surface area contributed by atoms with Crippen LogP contribution in [0.1, 0.15) is 139 Å². The number of hydrogen-bond donors (Lipinski definition) is 1. The number of rotatable bonds is 31. The van der Waals surface area contributed by atoms with Gasteiger partial charge in [-0.25, -0.2) is 0 Å². The van der Waals surface area contributed by atoms with E-state index < -0.39 is 0 Å². The van der Waals surface area contributed by atoms with Crippen LogP contribution in [0.25, 0.3) is 0 Å². The third kappa shape index (κ3) is 22.9. The maximum atomic E-state index is 10.7. The Kier molecular flexibility index (Phi) is 27.8. The molecule has 45 heavy (non-hydrogen) atoms. The summed E-state index contributed by atoms with van der Waals surface area (Å²) in [5.74, 6) is 0.287. The molecule has 6 nitrogen and oxygen atoms in total. The molecule has 0 aliphatic carbocycles. The molecule has 0 aromatic heterocycles. The molecule has 6 heteroatoms. The van der Waals surface area contributed by atoms with Gasteiger partial charge >= 0.3 is 0 Å². The summed E-state index contributed by atoms with van der Waals surface area (Å²) in [5, 5.41) is 10.7. The maximum absolute atomic E-state index is 10.7. The molecule has 0 radical (unpaired) electrons. The molecular formula is C39H88N3O3+3. The summed E-state index contributed by atoms with van der Waals surface area (Å²) in [4.78, 5) is 0. The summed E-state index contributed by atoms with van der Waals surface area (Å²) in [6.45, 7) is 26.1. The smallest absolute Gasteiger partial charge is 0.110 e. The second-order valence-electron chi connectivity index (χ2n) is 15.7. The van der Waals surface area contributed by atoms with Gasteiger partial charge in [-0.15, -0.1) is 0 Å². The van der Waals surface area contributed by atoms with Gasteiger partial charge in [-0.1, -0.05) is 85.5 Å². The minimum atomic E-state index is -0.388. The molecule has 0 aliphatic rings. The van der Waals surface area contributed by atoms with Crippen molar-refractivity contribution in [2.75, 3.05) is 93.8 Å². The number of aliphatic hydroxyl groups is 1. The van der Waals surface area contributed by atoms with E-state index >= 15 is 0 Å². The summed E-state index contributed by atoms with van der Waals surface area (Å²) < 4.78 is 15.7. The number of unbranched alkanes of at least 4 members (excludes halogenated alkanes) is 9. The van der Waals surface area contributed by atoms with E-state index in [9.17, 15) is 5.11 Å². The molecule has 4 atom stereocenters. The molecule has 0 saturated carbocycles. The van der Waals surface area contributed by atoms with Crippen LogP contribution in [0.5, 0.6) is 0 Å². The van der Waals surface area contributed by atoms with Crippen molar-refractivity contribution in [3.63, 3.8) is 0 Å². The van der Waals surface area contributed by atoms with Gasteiger partial charge in [-0.05, 0) is 47.0 Å². The third-order valence-corrected chi connectivity index (χ3v) is 10.9. The predicted octanol–water partition coefficient (Wildman–Crippen LogP) is 8.55. The van der Waals surface area contributed by atoms with Crippen molar-refractivity contribution in [2.45, 2.75) is 158 Å². The standard InChI is InChI=1S/C38H84N3O3.CH4/c1-12-16-17-18-19-20-21-22-23-24-27-35(5)38(42)34-43-33-37(7)44-32-36(6)41(15-4,30-25-28-39(8,9)13-2)31-26-29-40(10,11)14-3;/h35-38,42H,12-34H2,1-11H3;1H4/q+3;. The number of likely N-dealkylation sites (N-methyl/N-ethyl adjacent to an activating group) is 1. The van der Waals surface area contributed by atoms with Crippen molar-refractivity contribution in [3.8, 4) is 0 Å². The second-order valence-corrected chi connectivity index (χ2v) is 15.7. The monoisotopic (exact) mass is 647 g/mol. The van der Waals surface area contributed by atoms with Gasteiger partial charge in [0.2, 0.25) is 0 Å². The van der Waals surface area contributed by atoms with Crippen LogP contribution in [-0.4, -0.2) is 131 Å². The first-order chi connectivity index (χ1) is 20.8. The largest absolute Gasteiger partial charge is 0.390 e. The quantitative estimate of drug-likeness (QED) is 0.0606. The van der Waals surface area contributed by atoms with Crippen LogP contribution in [-0.2, 0) is 9.47 Å². The van der Waals surface area contributed by atoms with E-state index in [0.717, 1.165) is 33.0 Å². The highest BCUT2D eigenvalue weighted by Crippen LogP contribution is 2.20. The molecule has 0 bridgehead atoms. The van der Waals surface area contributed by atoms with Gasteiger partial charge in [0, 0.05) is 12.8 Å². The van der Waals surface area contributed by atoms with Gasteiger partial charge in [0.05, 0.1) is 106 Å². The highest BCUT2D eigenvalue weighted by Gasteiger charge is 2.34. The Balaban J connectivity index is 0. The fourth-order valence-electron chi connectivity index (χ4n) is 6.30. The lowest BCUT2D eigenvalue weighted by Crippen LogP contribution is -2.58. The van der Waals surface area contributed by atoms with Gasteiger partial charge in [-0.3, -0.25) is 0 Å². The Hall–Kier alpha value is -0.240. The molecule has 0 saturated heterocycles. The van der Waals surface area contributed by atoms with Gasteiger partial charge < -0.3 is 28.0 Å². The van der Waals surface area contributed by atoms with Crippen LogP contribution in [0.2, 0.25) is 0 Å². The lowest BCUT2D eigenvalue weighted by molar-refractivity contribution is -0.957. The second kappa shape index (κ2) is 26.7. The molecule has 0 amide bonds. The van der Waals surface area contributed by atoms with Gasteiger partial charge in [0.15, 0.2) is 0 Å². The minimum absolute atomic E-state index is 0. The van der Waals surface area contributed by atoms with E-state index in [2.05, 4.69) is 76.7 Å². The van der Waals surface area contributed by atoms with Crippen molar-refractivity contribution < 1.29 is 28.0 Å². The zero-order valence-electron chi connectivity index (χ0n) is 32.2. The Labute approximate surface area is 285 Å². The number of hydrogen-bond acceptors (Lipinski definition) is 3. The molecule has 0 spiro atoms. The fourth-order valence-corrected chi connectivity index (χ4v) is 6.30. The first-order valence-corrected chi connectivity index (χ1v) is 19.1. The van der Waals surface area contributed by atoms with Crippen molar-refractivity contribution in [1.29, 1.82) is 0 Å². The first-order valence-electron chi connectivity index (χ1n) is 19.1. The van der Waals surface area contributed by atoms with Crippen LogP contribution in [0.4, 0.5) is 0 Å². The van der Waals surface area contributed by atoms with E-state index in [4.69, 9.17) is 9.47 Å². The Bertz CT molecular complexity index is 635. The summed E-state index contributed by atoms with van der Waals surface area (Å²) in [6, 6.07) is 0.448. The molecule has 1 N–H and O–H groups in total. The topological polar surface area (TPSA) is 38.7 Å². The predicted molar refractivity (Wildman–Crippen MR) is 199 cm³/mol. The lowest BCUT2D eigenvalue weighted by Gasteiger charge is -2.44. The summed E-state index contributed by atoms with van der Waals surface area (Å²) in [5.41, 5.74) is 0. The Morgan fingerprint density at radius 1 is 0.556 bits per heavy atom. The summed E-state index contributed by atoms with van der Waals surface area (Å²) in [6.07, 6.45) is 16.8. The maximum Gasteiger partial charge on any atom is 0.110 e. The Morgan fingerprint density at radius 2 is 1.02 bits per heavy atom. The van der Waals surface area contributed by atoms with Gasteiger partial charge in [-0.2, -0.15) is 0 Å². The van der Waals surface area contributed by atoms with Gasteiger partial charge in [0.1, 0.15) is 6.04 Å². The van der Waals surface area contributed by atoms with E-state index in [-0.39, 0.29) is 25.6 Å². The van der Waals surface area contributed by atoms with E-state index in [1.54, 1.807) is 0 Å². The molecule has 0 fully saturated rings.